The van der Waals surface area contributed by atoms with Crippen LogP contribution < -0.4 is 5.32 Å². The van der Waals surface area contributed by atoms with E-state index in [-0.39, 0.29) is 22.0 Å². The van der Waals surface area contributed by atoms with Crippen molar-refractivity contribution in [2.75, 3.05) is 19.4 Å². The van der Waals surface area contributed by atoms with Crippen LogP contribution in [-0.4, -0.2) is 42.8 Å². The highest BCUT2D eigenvalue weighted by atomic mass is 35.5. The van der Waals surface area contributed by atoms with Crippen LogP contribution in [0.5, 0.6) is 5.75 Å². The summed E-state index contributed by atoms with van der Waals surface area (Å²) < 4.78 is 25.2. The highest BCUT2D eigenvalue weighted by Gasteiger charge is 2.20. The number of aromatic nitrogens is 1. The molecule has 2 aromatic rings. The van der Waals surface area contributed by atoms with Gasteiger partial charge >= 0.3 is 0 Å². The average molecular weight is 344 g/mol. The van der Waals surface area contributed by atoms with Gasteiger partial charge in [-0.05, 0) is 24.3 Å². The number of hydrogen-bond acceptors (Lipinski definition) is 4. The fourth-order valence-electron chi connectivity index (χ4n) is 1.68. The minimum atomic E-state index is -3.67. The first-order chi connectivity index (χ1) is 10.2. The number of carbonyl (C=O) groups is 1. The quantitative estimate of drug-likeness (QED) is 0.737. The van der Waals surface area contributed by atoms with Crippen molar-refractivity contribution in [3.8, 4) is 5.75 Å². The van der Waals surface area contributed by atoms with Crippen molar-refractivity contribution < 1.29 is 18.3 Å². The molecule has 1 heterocycles. The smallest absolute Gasteiger partial charge is 0.272 e. The Morgan fingerprint density at radius 2 is 2.00 bits per heavy atom. The molecule has 22 heavy (non-hydrogen) atoms. The van der Waals surface area contributed by atoms with Crippen molar-refractivity contribution >= 4 is 33.2 Å². The van der Waals surface area contributed by atoms with Gasteiger partial charge in [0, 0.05) is 20.3 Å². The van der Waals surface area contributed by atoms with Gasteiger partial charge < -0.3 is 15.4 Å². The third kappa shape index (κ3) is 3.24. The zero-order valence-electron chi connectivity index (χ0n) is 11.8. The van der Waals surface area contributed by atoms with Crippen LogP contribution in [-0.2, 0) is 10.0 Å². The number of phenols is 1. The number of aromatic amines is 1. The van der Waals surface area contributed by atoms with Crippen LogP contribution in [0.1, 0.15) is 10.5 Å². The molecular formula is C13H14ClN3O4S. The minimum absolute atomic E-state index is 0.0151. The standard InChI is InChI=1S/C13H14ClN3O4S/c1-17(2)22(20,21)9-3-4-12(18)10(6-9)16-13(19)11-5-8(14)7-15-11/h3-7,15,18H,1-2H3,(H,16,19). The lowest BCUT2D eigenvalue weighted by atomic mass is 10.3. The van der Waals surface area contributed by atoms with Gasteiger partial charge in [0.1, 0.15) is 11.4 Å². The number of benzene rings is 1. The van der Waals surface area contributed by atoms with E-state index in [0.717, 1.165) is 4.31 Å². The highest BCUT2D eigenvalue weighted by Crippen LogP contribution is 2.28. The largest absolute Gasteiger partial charge is 0.506 e. The van der Waals surface area contributed by atoms with E-state index in [0.29, 0.717) is 5.02 Å². The third-order valence-electron chi connectivity index (χ3n) is 2.89. The number of nitrogens with zero attached hydrogens (tertiary/aromatic N) is 1. The SMILES string of the molecule is CN(C)S(=O)(=O)c1ccc(O)c(NC(=O)c2cc(Cl)c[nH]2)c1. The maximum Gasteiger partial charge on any atom is 0.272 e. The molecule has 0 aliphatic rings. The Morgan fingerprint density at radius 1 is 1.32 bits per heavy atom. The van der Waals surface area contributed by atoms with Crippen LogP contribution in [0.3, 0.4) is 0 Å². The topological polar surface area (TPSA) is 102 Å². The van der Waals surface area contributed by atoms with Crippen molar-refractivity contribution in [1.29, 1.82) is 0 Å². The molecule has 0 saturated carbocycles. The Kier molecular flexibility index (Phi) is 4.45. The van der Waals surface area contributed by atoms with Crippen LogP contribution in [0.2, 0.25) is 5.02 Å². The average Bonchev–Trinajstić information content (AvgIpc) is 2.87. The zero-order valence-corrected chi connectivity index (χ0v) is 13.4. The number of aromatic hydroxyl groups is 1. The van der Waals surface area contributed by atoms with E-state index in [1.165, 1.54) is 44.6 Å². The number of rotatable bonds is 4. The van der Waals surface area contributed by atoms with Crippen LogP contribution in [0.4, 0.5) is 5.69 Å². The Labute approximate surface area is 132 Å². The Morgan fingerprint density at radius 3 is 2.55 bits per heavy atom. The zero-order chi connectivity index (χ0) is 16.5. The van der Waals surface area contributed by atoms with Crippen LogP contribution in [0.15, 0.2) is 35.4 Å². The van der Waals surface area contributed by atoms with E-state index in [4.69, 9.17) is 11.6 Å². The molecule has 1 aromatic heterocycles. The molecule has 2 rings (SSSR count). The second kappa shape index (κ2) is 5.99. The molecule has 7 nitrogen and oxygen atoms in total. The number of H-pyrrole nitrogens is 1. The molecule has 1 aromatic carbocycles. The van der Waals surface area contributed by atoms with Gasteiger partial charge in [0.15, 0.2) is 0 Å². The molecule has 0 radical (unpaired) electrons. The summed E-state index contributed by atoms with van der Waals surface area (Å²) in [5, 5.41) is 12.6. The van der Waals surface area contributed by atoms with E-state index in [2.05, 4.69) is 10.3 Å². The number of nitrogens with one attached hydrogen (secondary N) is 2. The summed E-state index contributed by atoms with van der Waals surface area (Å²) in [5.41, 5.74) is 0.170. The normalized spacial score (nSPS) is 11.6. The maximum absolute atomic E-state index is 12.1. The van der Waals surface area contributed by atoms with E-state index in [1.807, 2.05) is 0 Å². The minimum Gasteiger partial charge on any atom is -0.506 e. The van der Waals surface area contributed by atoms with E-state index >= 15 is 0 Å². The van der Waals surface area contributed by atoms with Crippen LogP contribution >= 0.6 is 11.6 Å². The molecule has 3 N–H and O–H groups in total. The Bertz CT molecular complexity index is 814. The van der Waals surface area contributed by atoms with Crippen molar-refractivity contribution in [3.05, 3.63) is 41.2 Å². The Balaban J connectivity index is 2.34. The van der Waals surface area contributed by atoms with Crippen molar-refractivity contribution in [1.82, 2.24) is 9.29 Å². The highest BCUT2D eigenvalue weighted by molar-refractivity contribution is 7.89. The van der Waals surface area contributed by atoms with Crippen LogP contribution in [0, 0.1) is 0 Å². The number of carbonyl (C=O) groups excluding carboxylic acids is 1. The van der Waals surface area contributed by atoms with Gasteiger partial charge in [-0.25, -0.2) is 12.7 Å². The fourth-order valence-corrected chi connectivity index (χ4v) is 2.77. The van der Waals surface area contributed by atoms with Gasteiger partial charge in [-0.3, -0.25) is 4.79 Å². The van der Waals surface area contributed by atoms with Crippen molar-refractivity contribution in [2.24, 2.45) is 0 Å². The summed E-state index contributed by atoms with van der Waals surface area (Å²) in [4.78, 5) is 14.6. The molecule has 0 saturated heterocycles. The summed E-state index contributed by atoms with van der Waals surface area (Å²) in [6.45, 7) is 0. The molecule has 0 unspecified atom stereocenters. The number of anilines is 1. The number of phenolic OH excluding ortho intramolecular Hbond substituents is 1. The number of sulfonamides is 1. The van der Waals surface area contributed by atoms with E-state index in [9.17, 15) is 18.3 Å². The van der Waals surface area contributed by atoms with Gasteiger partial charge in [0.05, 0.1) is 15.6 Å². The molecule has 9 heteroatoms. The molecule has 118 valence electrons. The summed E-state index contributed by atoms with van der Waals surface area (Å²) in [7, 11) is -0.890. The lowest BCUT2D eigenvalue weighted by Crippen LogP contribution is -2.22. The monoisotopic (exact) mass is 343 g/mol. The fraction of sp³-hybridized carbons (Fsp3) is 0.154. The summed E-state index contributed by atoms with van der Waals surface area (Å²) in [6.07, 6.45) is 1.43. The predicted molar refractivity (Wildman–Crippen MR) is 82.7 cm³/mol. The molecule has 0 spiro atoms. The van der Waals surface area contributed by atoms with Crippen LogP contribution in [0.25, 0.3) is 0 Å². The first-order valence-electron chi connectivity index (χ1n) is 6.12. The first-order valence-corrected chi connectivity index (χ1v) is 7.94. The molecule has 0 fully saturated rings. The first kappa shape index (κ1) is 16.3. The predicted octanol–water partition coefficient (Wildman–Crippen LogP) is 1.88. The lowest BCUT2D eigenvalue weighted by Gasteiger charge is -2.13. The van der Waals surface area contributed by atoms with Gasteiger partial charge in [0.2, 0.25) is 10.0 Å². The van der Waals surface area contributed by atoms with Crippen molar-refractivity contribution in [3.63, 3.8) is 0 Å². The summed E-state index contributed by atoms with van der Waals surface area (Å²) >= 11 is 5.71. The molecule has 0 bridgehead atoms. The molecule has 1 amide bonds. The number of hydrogen-bond donors (Lipinski definition) is 3. The van der Waals surface area contributed by atoms with Gasteiger partial charge in [0.25, 0.3) is 5.91 Å². The molecular weight excluding hydrogens is 330 g/mol. The Hall–Kier alpha value is -2.03. The second-order valence-corrected chi connectivity index (χ2v) is 7.24. The molecule has 0 aliphatic carbocycles. The van der Waals surface area contributed by atoms with Gasteiger partial charge in [-0.15, -0.1) is 0 Å². The third-order valence-corrected chi connectivity index (χ3v) is 4.92. The lowest BCUT2D eigenvalue weighted by molar-refractivity contribution is 0.102. The number of amides is 1. The van der Waals surface area contributed by atoms with E-state index in [1.54, 1.807) is 0 Å². The maximum atomic E-state index is 12.1. The van der Waals surface area contributed by atoms with Gasteiger partial charge in [-0.2, -0.15) is 0 Å². The van der Waals surface area contributed by atoms with Gasteiger partial charge in [-0.1, -0.05) is 11.6 Å². The van der Waals surface area contributed by atoms with E-state index < -0.39 is 15.9 Å². The molecule has 0 aliphatic heterocycles. The number of halogens is 1. The van der Waals surface area contributed by atoms with Crippen molar-refractivity contribution in [2.45, 2.75) is 4.90 Å². The summed E-state index contributed by atoms with van der Waals surface area (Å²) in [6, 6.07) is 5.06. The second-order valence-electron chi connectivity index (χ2n) is 4.65. The molecule has 0 atom stereocenters. The summed E-state index contributed by atoms with van der Waals surface area (Å²) in [5.74, 6) is -0.801.